The highest BCUT2D eigenvalue weighted by Gasteiger charge is 2.39. The fourth-order valence-corrected chi connectivity index (χ4v) is 4.60. The molecule has 0 heterocycles. The Hall–Kier alpha value is -2.41. The molecule has 0 aliphatic heterocycles. The molecule has 23 heavy (non-hydrogen) atoms. The molecule has 2 aliphatic rings. The molecule has 2 aliphatic carbocycles. The number of hydrogen-bond acceptors (Lipinski definition) is 1. The van der Waals surface area contributed by atoms with Gasteiger partial charge in [-0.2, -0.15) is 0 Å². The predicted octanol–water partition coefficient (Wildman–Crippen LogP) is 5.44. The maximum absolute atomic E-state index is 13.1. The van der Waals surface area contributed by atoms with Gasteiger partial charge in [0.1, 0.15) is 0 Å². The molecule has 0 aromatic heterocycles. The maximum Gasteiger partial charge on any atom is 0.193 e. The molecular weight excluding hydrogens is 280 g/mol. The Bertz CT molecular complexity index is 938. The first kappa shape index (κ1) is 13.1. The molecule has 1 heteroatoms. The molecule has 3 aromatic carbocycles. The Morgan fingerprint density at radius 2 is 1.65 bits per heavy atom. The van der Waals surface area contributed by atoms with E-state index in [1.165, 1.54) is 35.8 Å². The Kier molecular flexibility index (Phi) is 2.72. The van der Waals surface area contributed by atoms with Crippen LogP contribution in [-0.4, -0.2) is 5.78 Å². The number of carbonyl (C=O) groups excluding carboxylic acids is 1. The molecular formula is C22H18O. The summed E-state index contributed by atoms with van der Waals surface area (Å²) in [7, 11) is 0. The van der Waals surface area contributed by atoms with Gasteiger partial charge in [-0.3, -0.25) is 4.79 Å². The van der Waals surface area contributed by atoms with Crippen LogP contribution in [0.1, 0.15) is 58.1 Å². The molecule has 0 amide bonds. The highest BCUT2D eigenvalue weighted by atomic mass is 16.1. The summed E-state index contributed by atoms with van der Waals surface area (Å²) < 4.78 is 0. The zero-order valence-electron chi connectivity index (χ0n) is 13.0. The standard InChI is InChI=1S/C22H18O/c23-22(18-11-8-14-4-1-2-5-15(14)12-18)20-7-3-6-19-16-9-10-17(13-16)21(19)20/h1-8,11-12,16-17H,9-10,13H2. The fourth-order valence-electron chi connectivity index (χ4n) is 4.60. The molecule has 1 saturated carbocycles. The highest BCUT2D eigenvalue weighted by Crippen LogP contribution is 2.54. The summed E-state index contributed by atoms with van der Waals surface area (Å²) in [5, 5.41) is 2.31. The quantitative estimate of drug-likeness (QED) is 0.576. The van der Waals surface area contributed by atoms with E-state index in [1.807, 2.05) is 30.3 Å². The van der Waals surface area contributed by atoms with Crippen molar-refractivity contribution in [2.75, 3.05) is 0 Å². The Morgan fingerprint density at radius 3 is 2.57 bits per heavy atom. The van der Waals surface area contributed by atoms with Gasteiger partial charge in [0.05, 0.1) is 0 Å². The van der Waals surface area contributed by atoms with E-state index >= 15 is 0 Å². The van der Waals surface area contributed by atoms with Crippen LogP contribution in [0.15, 0.2) is 60.7 Å². The number of benzene rings is 3. The van der Waals surface area contributed by atoms with Gasteiger partial charge in [-0.05, 0) is 59.1 Å². The summed E-state index contributed by atoms with van der Waals surface area (Å²) in [5.74, 6) is 1.48. The van der Waals surface area contributed by atoms with Crippen molar-refractivity contribution in [2.24, 2.45) is 0 Å². The van der Waals surface area contributed by atoms with Crippen LogP contribution in [0.25, 0.3) is 10.8 Å². The number of carbonyl (C=O) groups is 1. The van der Waals surface area contributed by atoms with E-state index in [-0.39, 0.29) is 5.78 Å². The molecule has 2 bridgehead atoms. The smallest absolute Gasteiger partial charge is 0.193 e. The van der Waals surface area contributed by atoms with Gasteiger partial charge in [0.15, 0.2) is 5.78 Å². The zero-order valence-corrected chi connectivity index (χ0v) is 13.0. The highest BCUT2D eigenvalue weighted by molar-refractivity contribution is 6.11. The molecule has 1 fully saturated rings. The second-order valence-electron chi connectivity index (χ2n) is 6.91. The van der Waals surface area contributed by atoms with E-state index in [0.717, 1.165) is 16.5 Å². The summed E-state index contributed by atoms with van der Waals surface area (Å²) in [6, 6.07) is 20.6. The first-order chi connectivity index (χ1) is 11.3. The third-order valence-corrected chi connectivity index (χ3v) is 5.68. The lowest BCUT2D eigenvalue weighted by molar-refractivity contribution is 0.103. The van der Waals surface area contributed by atoms with Gasteiger partial charge in [0.25, 0.3) is 0 Å². The molecule has 3 aromatic rings. The van der Waals surface area contributed by atoms with Crippen molar-refractivity contribution in [1.82, 2.24) is 0 Å². The van der Waals surface area contributed by atoms with Crippen LogP contribution in [0.3, 0.4) is 0 Å². The topological polar surface area (TPSA) is 17.1 Å². The second-order valence-corrected chi connectivity index (χ2v) is 6.91. The van der Waals surface area contributed by atoms with Crippen LogP contribution < -0.4 is 0 Å². The lowest BCUT2D eigenvalue weighted by atomic mass is 9.85. The summed E-state index contributed by atoms with van der Waals surface area (Å²) in [6.07, 6.45) is 3.79. The Labute approximate surface area is 136 Å². The molecule has 0 saturated heterocycles. The van der Waals surface area contributed by atoms with Gasteiger partial charge in [-0.15, -0.1) is 0 Å². The minimum absolute atomic E-state index is 0.181. The van der Waals surface area contributed by atoms with E-state index in [2.05, 4.69) is 30.3 Å². The van der Waals surface area contributed by atoms with Crippen molar-refractivity contribution in [3.63, 3.8) is 0 Å². The number of ketones is 1. The van der Waals surface area contributed by atoms with Crippen LogP contribution >= 0.6 is 0 Å². The largest absolute Gasteiger partial charge is 0.289 e. The minimum Gasteiger partial charge on any atom is -0.289 e. The maximum atomic E-state index is 13.1. The number of rotatable bonds is 2. The molecule has 2 atom stereocenters. The summed E-state index contributed by atoms with van der Waals surface area (Å²) in [6.45, 7) is 0. The summed E-state index contributed by atoms with van der Waals surface area (Å²) in [4.78, 5) is 13.1. The predicted molar refractivity (Wildman–Crippen MR) is 93.2 cm³/mol. The Balaban J connectivity index is 1.63. The average molecular weight is 298 g/mol. The molecule has 0 radical (unpaired) electrons. The monoisotopic (exact) mass is 298 g/mol. The number of fused-ring (bicyclic) bond motifs is 6. The van der Waals surface area contributed by atoms with Crippen LogP contribution in [0, 0.1) is 0 Å². The third kappa shape index (κ3) is 1.89. The third-order valence-electron chi connectivity index (χ3n) is 5.68. The van der Waals surface area contributed by atoms with Crippen molar-refractivity contribution in [1.29, 1.82) is 0 Å². The average Bonchev–Trinajstić information content (AvgIpc) is 3.23. The molecule has 0 N–H and O–H groups in total. The van der Waals surface area contributed by atoms with E-state index in [9.17, 15) is 4.79 Å². The van der Waals surface area contributed by atoms with E-state index in [4.69, 9.17) is 0 Å². The van der Waals surface area contributed by atoms with Gasteiger partial charge in [-0.1, -0.05) is 54.6 Å². The fraction of sp³-hybridized carbons (Fsp3) is 0.227. The first-order valence-corrected chi connectivity index (χ1v) is 8.47. The van der Waals surface area contributed by atoms with Crippen LogP contribution in [0.4, 0.5) is 0 Å². The van der Waals surface area contributed by atoms with Crippen LogP contribution in [0.5, 0.6) is 0 Å². The van der Waals surface area contributed by atoms with Crippen molar-refractivity contribution in [2.45, 2.75) is 31.1 Å². The van der Waals surface area contributed by atoms with Gasteiger partial charge in [0, 0.05) is 11.1 Å². The van der Waals surface area contributed by atoms with Gasteiger partial charge >= 0.3 is 0 Å². The molecule has 1 nitrogen and oxygen atoms in total. The summed E-state index contributed by atoms with van der Waals surface area (Å²) in [5.41, 5.74) is 4.53. The van der Waals surface area contributed by atoms with E-state index in [0.29, 0.717) is 11.8 Å². The van der Waals surface area contributed by atoms with Crippen LogP contribution in [0.2, 0.25) is 0 Å². The summed E-state index contributed by atoms with van der Waals surface area (Å²) >= 11 is 0. The van der Waals surface area contributed by atoms with Gasteiger partial charge in [-0.25, -0.2) is 0 Å². The lowest BCUT2D eigenvalue weighted by Crippen LogP contribution is -2.09. The van der Waals surface area contributed by atoms with E-state index < -0.39 is 0 Å². The number of hydrogen-bond donors (Lipinski definition) is 0. The normalized spacial score (nSPS) is 21.6. The molecule has 2 unspecified atom stereocenters. The van der Waals surface area contributed by atoms with Gasteiger partial charge < -0.3 is 0 Å². The Morgan fingerprint density at radius 1 is 0.826 bits per heavy atom. The van der Waals surface area contributed by atoms with Crippen molar-refractivity contribution in [3.05, 3.63) is 82.9 Å². The minimum atomic E-state index is 0.181. The first-order valence-electron chi connectivity index (χ1n) is 8.47. The molecule has 5 rings (SSSR count). The SMILES string of the molecule is O=C(c1ccc2ccccc2c1)c1cccc2c1C1CCC2C1. The van der Waals surface area contributed by atoms with Crippen molar-refractivity contribution < 1.29 is 4.79 Å². The van der Waals surface area contributed by atoms with Crippen molar-refractivity contribution >= 4 is 16.6 Å². The molecule has 0 spiro atoms. The van der Waals surface area contributed by atoms with Crippen LogP contribution in [-0.2, 0) is 0 Å². The molecule has 112 valence electrons. The van der Waals surface area contributed by atoms with Gasteiger partial charge in [0.2, 0.25) is 0 Å². The second kappa shape index (κ2) is 4.79. The van der Waals surface area contributed by atoms with Crippen molar-refractivity contribution in [3.8, 4) is 0 Å². The lowest BCUT2D eigenvalue weighted by Gasteiger charge is -2.18. The zero-order chi connectivity index (χ0) is 15.4. The van der Waals surface area contributed by atoms with E-state index in [1.54, 1.807) is 0 Å².